The molecule has 10 rings (SSSR count). The predicted molar refractivity (Wildman–Crippen MR) is 234 cm³/mol. The maximum Gasteiger partial charge on any atom is 0.136 e. The van der Waals surface area contributed by atoms with Crippen LogP contribution in [0.1, 0.15) is 63.8 Å². The number of benzene rings is 6. The molecule has 0 aliphatic heterocycles. The van der Waals surface area contributed by atoms with Gasteiger partial charge in [-0.25, -0.2) is 0 Å². The fourth-order valence-electron chi connectivity index (χ4n) is 9.78. The van der Waals surface area contributed by atoms with Gasteiger partial charge in [-0.15, -0.1) is 0 Å². The van der Waals surface area contributed by atoms with E-state index in [0.717, 1.165) is 11.2 Å². The molecule has 0 spiro atoms. The van der Waals surface area contributed by atoms with Crippen LogP contribution in [0.5, 0.6) is 0 Å². The summed E-state index contributed by atoms with van der Waals surface area (Å²) in [5, 5.41) is 7.24. The molecule has 55 heavy (non-hydrogen) atoms. The van der Waals surface area contributed by atoms with Crippen LogP contribution >= 0.6 is 0 Å². The molecular formula is C54H44O. The number of furan rings is 1. The van der Waals surface area contributed by atoms with Gasteiger partial charge >= 0.3 is 0 Å². The van der Waals surface area contributed by atoms with Crippen LogP contribution in [-0.2, 0) is 10.8 Å². The highest BCUT2D eigenvalue weighted by Gasteiger charge is 2.37. The topological polar surface area (TPSA) is 13.1 Å². The van der Waals surface area contributed by atoms with Gasteiger partial charge in [-0.2, -0.15) is 0 Å². The van der Waals surface area contributed by atoms with Gasteiger partial charge in [-0.05, 0) is 144 Å². The highest BCUT2D eigenvalue weighted by molar-refractivity contribution is 6.11. The number of hydrogen-bond donors (Lipinski definition) is 0. The number of rotatable bonds is 2. The highest BCUT2D eigenvalue weighted by Crippen LogP contribution is 2.52. The average molecular weight is 709 g/mol. The minimum Gasteiger partial charge on any atom is -0.456 e. The van der Waals surface area contributed by atoms with Gasteiger partial charge in [0.05, 0.1) is 0 Å². The van der Waals surface area contributed by atoms with Crippen LogP contribution in [0.2, 0.25) is 0 Å². The summed E-state index contributed by atoms with van der Waals surface area (Å²) in [5.74, 6) is 0. The Morgan fingerprint density at radius 3 is 1.67 bits per heavy atom. The summed E-state index contributed by atoms with van der Waals surface area (Å²) >= 11 is 0. The summed E-state index contributed by atoms with van der Waals surface area (Å²) in [6.45, 7) is 13.8. The van der Waals surface area contributed by atoms with Gasteiger partial charge in [0, 0.05) is 21.6 Å². The van der Waals surface area contributed by atoms with Crippen LogP contribution in [0.25, 0.3) is 89.4 Å². The van der Waals surface area contributed by atoms with E-state index in [1.54, 1.807) is 0 Å². The van der Waals surface area contributed by atoms with Gasteiger partial charge in [0.1, 0.15) is 11.2 Å². The second kappa shape index (κ2) is 12.2. The molecule has 8 aromatic rings. The predicted octanol–water partition coefficient (Wildman–Crippen LogP) is 13.4. The smallest absolute Gasteiger partial charge is 0.136 e. The summed E-state index contributed by atoms with van der Waals surface area (Å²) in [4.78, 5) is 0. The van der Waals surface area contributed by atoms with Crippen LogP contribution in [0.15, 0.2) is 150 Å². The third-order valence-electron chi connectivity index (χ3n) is 12.6. The molecule has 0 bridgehead atoms. The molecule has 0 unspecified atom stereocenters. The molecule has 0 amide bonds. The van der Waals surface area contributed by atoms with E-state index in [1.165, 1.54) is 98.7 Å². The van der Waals surface area contributed by atoms with Crippen LogP contribution < -0.4 is 10.4 Å². The van der Waals surface area contributed by atoms with E-state index in [9.17, 15) is 0 Å². The molecule has 0 atom stereocenters. The molecule has 1 heterocycles. The van der Waals surface area contributed by atoms with Crippen molar-refractivity contribution >= 4 is 44.9 Å². The lowest BCUT2D eigenvalue weighted by atomic mass is 9.81. The molecular weight excluding hydrogens is 665 g/mol. The lowest BCUT2D eigenvalue weighted by molar-refractivity contribution is 0.660. The minimum atomic E-state index is -0.130. The zero-order valence-corrected chi connectivity index (χ0v) is 32.4. The quantitative estimate of drug-likeness (QED) is 0.174. The molecule has 7 aromatic carbocycles. The zero-order valence-electron chi connectivity index (χ0n) is 32.4. The largest absolute Gasteiger partial charge is 0.456 e. The summed E-state index contributed by atoms with van der Waals surface area (Å²) in [5.41, 5.74) is 17.4. The van der Waals surface area contributed by atoms with Crippen molar-refractivity contribution in [2.75, 3.05) is 0 Å². The second-order valence-corrected chi connectivity index (χ2v) is 16.3. The first kappa shape index (κ1) is 33.4. The van der Waals surface area contributed by atoms with Crippen LogP contribution in [0.4, 0.5) is 0 Å². The lowest BCUT2D eigenvalue weighted by Gasteiger charge is -2.22. The van der Waals surface area contributed by atoms with Crippen molar-refractivity contribution in [1.29, 1.82) is 0 Å². The Bertz CT molecular complexity index is 3110. The second-order valence-electron chi connectivity index (χ2n) is 16.3. The molecule has 2 aliphatic rings. The molecule has 266 valence electrons. The van der Waals surface area contributed by atoms with Crippen molar-refractivity contribution in [2.24, 2.45) is 0 Å². The average Bonchev–Trinajstić information content (AvgIpc) is 3.75. The van der Waals surface area contributed by atoms with E-state index in [2.05, 4.69) is 193 Å². The summed E-state index contributed by atoms with van der Waals surface area (Å²) in [6.07, 6.45) is 4.58. The number of para-hydroxylation sites is 1. The van der Waals surface area contributed by atoms with E-state index in [4.69, 9.17) is 4.42 Å². The van der Waals surface area contributed by atoms with Gasteiger partial charge in [-0.3, -0.25) is 0 Å². The van der Waals surface area contributed by atoms with Crippen molar-refractivity contribution in [1.82, 2.24) is 0 Å². The minimum absolute atomic E-state index is 0.0699. The van der Waals surface area contributed by atoms with Gasteiger partial charge in [-0.1, -0.05) is 143 Å². The summed E-state index contributed by atoms with van der Waals surface area (Å²) in [7, 11) is 0. The van der Waals surface area contributed by atoms with E-state index < -0.39 is 0 Å². The van der Waals surface area contributed by atoms with Gasteiger partial charge < -0.3 is 4.42 Å². The van der Waals surface area contributed by atoms with Crippen LogP contribution in [0, 0.1) is 0 Å². The number of hydrogen-bond acceptors (Lipinski definition) is 1. The van der Waals surface area contributed by atoms with Crippen LogP contribution in [0.3, 0.4) is 0 Å². The molecule has 1 heteroatoms. The monoisotopic (exact) mass is 708 g/mol. The van der Waals surface area contributed by atoms with E-state index in [-0.39, 0.29) is 10.8 Å². The molecule has 0 N–H and O–H groups in total. The first-order valence-electron chi connectivity index (χ1n) is 19.6. The maximum absolute atomic E-state index is 6.33. The molecule has 1 aromatic heterocycles. The Labute approximate surface area is 323 Å². The molecule has 0 radical (unpaired) electrons. The first-order valence-corrected chi connectivity index (χ1v) is 19.6. The normalized spacial score (nSPS) is 15.2. The Kier molecular flexibility index (Phi) is 7.39. The van der Waals surface area contributed by atoms with E-state index in [0.29, 0.717) is 0 Å². The maximum atomic E-state index is 6.33. The van der Waals surface area contributed by atoms with Crippen molar-refractivity contribution in [2.45, 2.75) is 52.4 Å². The van der Waals surface area contributed by atoms with Gasteiger partial charge in [0.2, 0.25) is 0 Å². The summed E-state index contributed by atoms with van der Waals surface area (Å²) < 4.78 is 6.33. The zero-order chi connectivity index (χ0) is 37.6. The number of fused-ring (bicyclic) bond motifs is 10. The summed E-state index contributed by atoms with van der Waals surface area (Å²) in [6, 6.07) is 54.0. The van der Waals surface area contributed by atoms with E-state index in [1.807, 2.05) is 6.07 Å². The SMILES string of the molecule is C/C=c1/c(-c2ccc3c(c2)-c2cc4cc5oc6ccccc6c5cc4cc2C3(C)C)ccccccc(-c2ccc3c(c2)C(C)(C)c2ccccc2-3)/c1=C/C. The fraction of sp³-hybridized carbons (Fsp3) is 0.148. The third-order valence-corrected chi connectivity index (χ3v) is 12.6. The van der Waals surface area contributed by atoms with Crippen LogP contribution in [-0.4, -0.2) is 0 Å². The van der Waals surface area contributed by atoms with E-state index >= 15 is 0 Å². The van der Waals surface area contributed by atoms with Crippen molar-refractivity contribution in [3.63, 3.8) is 0 Å². The van der Waals surface area contributed by atoms with Gasteiger partial charge in [0.25, 0.3) is 0 Å². The third kappa shape index (κ3) is 4.92. The molecule has 0 fully saturated rings. The standard InChI is InChI=1S/C54H44O/c1-7-37-38(8-2)40(34-23-25-42-41-19-13-15-21-47(41)53(3,4)49(42)30-34)18-12-10-9-11-17-39(37)33-24-26-48-44(27-33)45-28-36-32-52-46(43-20-14-16-22-51(43)55-52)29-35(36)31-50(45)54(48,5)6/h7-32H,1-6H3/b11-9?,12-10?,37-7+,38-8+,39-17?,40-18?. The van der Waals surface area contributed by atoms with Crippen molar-refractivity contribution in [3.05, 3.63) is 178 Å². The Balaban J connectivity index is 1.17. The Morgan fingerprint density at radius 2 is 0.927 bits per heavy atom. The Morgan fingerprint density at radius 1 is 0.382 bits per heavy atom. The van der Waals surface area contributed by atoms with Gasteiger partial charge in [0.15, 0.2) is 0 Å². The van der Waals surface area contributed by atoms with Crippen molar-refractivity contribution in [3.8, 4) is 44.5 Å². The highest BCUT2D eigenvalue weighted by atomic mass is 16.3. The first-order chi connectivity index (χ1) is 26.7. The molecule has 1 nitrogen and oxygen atoms in total. The molecule has 2 aliphatic carbocycles. The molecule has 0 saturated carbocycles. The molecule has 0 saturated heterocycles. The van der Waals surface area contributed by atoms with Crippen molar-refractivity contribution < 1.29 is 4.42 Å². The lowest BCUT2D eigenvalue weighted by Crippen LogP contribution is -2.27. The Hall–Kier alpha value is -6.18. The fourth-order valence-corrected chi connectivity index (χ4v) is 9.78.